The van der Waals surface area contributed by atoms with Gasteiger partial charge in [0.15, 0.2) is 29.0 Å². The number of carbonyl (C=O) groups excluding carboxylic acids is 1. The lowest BCUT2D eigenvalue weighted by molar-refractivity contribution is -0.283. The standard InChI is InChI=1S/C27H50O6Si2/c1-17-21(31-24(28)20-16-18-13-14-19(20)15-18)22(32-34(9,10)26(2,3)4)23(25(29-8)30-17)33-35(11,12)27(5,6)7/h13-14,17-23,25H,15-16H2,1-12H3/t17-,18+,19-,20+,21-,22+,23-,25+/m1/s1. The number of carbonyl (C=O) groups is 1. The van der Waals surface area contributed by atoms with Crippen LogP contribution in [0.15, 0.2) is 12.2 Å². The van der Waals surface area contributed by atoms with Crippen molar-refractivity contribution in [2.75, 3.05) is 7.11 Å². The van der Waals surface area contributed by atoms with E-state index in [1.54, 1.807) is 7.11 Å². The molecule has 0 radical (unpaired) electrons. The Morgan fingerprint density at radius 1 is 0.857 bits per heavy atom. The minimum Gasteiger partial charge on any atom is -0.457 e. The van der Waals surface area contributed by atoms with Gasteiger partial charge in [-0.2, -0.15) is 0 Å². The highest BCUT2D eigenvalue weighted by Gasteiger charge is 2.55. The molecule has 0 aromatic rings. The molecule has 35 heavy (non-hydrogen) atoms. The first-order chi connectivity index (χ1) is 15.9. The monoisotopic (exact) mass is 526 g/mol. The predicted octanol–water partition coefficient (Wildman–Crippen LogP) is 6.28. The van der Waals surface area contributed by atoms with Crippen LogP contribution in [0.3, 0.4) is 0 Å². The molecular formula is C27H50O6Si2. The van der Waals surface area contributed by atoms with Gasteiger partial charge in [0.05, 0.1) is 12.0 Å². The van der Waals surface area contributed by atoms with Gasteiger partial charge in [-0.3, -0.25) is 4.79 Å². The summed E-state index contributed by atoms with van der Waals surface area (Å²) in [6, 6.07) is 0. The third-order valence-corrected chi connectivity index (χ3v) is 18.2. The van der Waals surface area contributed by atoms with Gasteiger partial charge in [0.25, 0.3) is 0 Å². The lowest BCUT2D eigenvalue weighted by Crippen LogP contribution is -2.65. The van der Waals surface area contributed by atoms with Crippen molar-refractivity contribution in [1.29, 1.82) is 0 Å². The Morgan fingerprint density at radius 2 is 1.40 bits per heavy atom. The molecule has 2 bridgehead atoms. The van der Waals surface area contributed by atoms with E-state index >= 15 is 0 Å². The van der Waals surface area contributed by atoms with E-state index in [2.05, 4.69) is 79.9 Å². The lowest BCUT2D eigenvalue weighted by atomic mass is 9.93. The van der Waals surface area contributed by atoms with Gasteiger partial charge in [-0.1, -0.05) is 53.7 Å². The van der Waals surface area contributed by atoms with Crippen LogP contribution in [0.1, 0.15) is 61.3 Å². The molecule has 0 aromatic heterocycles. The summed E-state index contributed by atoms with van der Waals surface area (Å²) in [6.45, 7) is 24.2. The van der Waals surface area contributed by atoms with Gasteiger partial charge in [-0.05, 0) is 67.9 Å². The summed E-state index contributed by atoms with van der Waals surface area (Å²) in [5.74, 6) is 0.584. The van der Waals surface area contributed by atoms with Gasteiger partial charge in [0.2, 0.25) is 0 Å². The van der Waals surface area contributed by atoms with E-state index in [1.807, 2.05) is 6.92 Å². The second-order valence-corrected chi connectivity index (χ2v) is 23.4. The summed E-state index contributed by atoms with van der Waals surface area (Å²) in [5, 5.41) is -0.0138. The van der Waals surface area contributed by atoms with Gasteiger partial charge in [0, 0.05) is 7.11 Å². The van der Waals surface area contributed by atoms with Gasteiger partial charge in [-0.15, -0.1) is 0 Å². The van der Waals surface area contributed by atoms with Gasteiger partial charge in [-0.25, -0.2) is 0 Å². The molecule has 3 aliphatic rings. The minimum atomic E-state index is -2.24. The second kappa shape index (κ2) is 9.99. The molecule has 0 N–H and O–H groups in total. The summed E-state index contributed by atoms with van der Waals surface area (Å²) < 4.78 is 32.4. The van der Waals surface area contributed by atoms with Crippen molar-refractivity contribution in [3.05, 3.63) is 12.2 Å². The van der Waals surface area contributed by atoms with Crippen LogP contribution in [0.5, 0.6) is 0 Å². The van der Waals surface area contributed by atoms with Gasteiger partial charge in [0.1, 0.15) is 12.2 Å². The van der Waals surface area contributed by atoms with Crippen LogP contribution in [0, 0.1) is 17.8 Å². The summed E-state index contributed by atoms with van der Waals surface area (Å²) in [4.78, 5) is 13.4. The van der Waals surface area contributed by atoms with E-state index in [0.29, 0.717) is 5.92 Å². The van der Waals surface area contributed by atoms with Crippen LogP contribution in [0.4, 0.5) is 0 Å². The summed E-state index contributed by atoms with van der Waals surface area (Å²) in [7, 11) is -2.81. The maximum absolute atomic E-state index is 13.4. The predicted molar refractivity (Wildman–Crippen MR) is 144 cm³/mol. The van der Waals surface area contributed by atoms with Crippen LogP contribution >= 0.6 is 0 Å². The van der Waals surface area contributed by atoms with Crippen LogP contribution in [-0.2, 0) is 27.9 Å². The zero-order valence-corrected chi connectivity index (χ0v) is 26.1. The van der Waals surface area contributed by atoms with Crippen molar-refractivity contribution in [3.63, 3.8) is 0 Å². The van der Waals surface area contributed by atoms with Crippen LogP contribution < -0.4 is 0 Å². The zero-order valence-electron chi connectivity index (χ0n) is 24.1. The fraction of sp³-hybridized carbons (Fsp3) is 0.889. The largest absolute Gasteiger partial charge is 0.457 e. The number of esters is 1. The molecule has 0 amide bonds. The molecule has 1 heterocycles. The van der Waals surface area contributed by atoms with Crippen LogP contribution in [0.2, 0.25) is 36.3 Å². The molecule has 0 aromatic carbocycles. The highest BCUT2D eigenvalue weighted by molar-refractivity contribution is 6.74. The topological polar surface area (TPSA) is 63.2 Å². The number of hydrogen-bond donors (Lipinski definition) is 0. The number of ether oxygens (including phenoxy) is 3. The fourth-order valence-electron chi connectivity index (χ4n) is 4.89. The van der Waals surface area contributed by atoms with Gasteiger partial charge >= 0.3 is 5.97 Å². The van der Waals surface area contributed by atoms with Crippen molar-refractivity contribution < 1.29 is 27.9 Å². The summed E-state index contributed by atoms with van der Waals surface area (Å²) in [6.07, 6.45) is 3.91. The number of allylic oxidation sites excluding steroid dienone is 2. The molecule has 202 valence electrons. The van der Waals surface area contributed by atoms with E-state index in [-0.39, 0.29) is 34.0 Å². The molecule has 3 rings (SSSR count). The van der Waals surface area contributed by atoms with Crippen molar-refractivity contribution in [2.45, 2.75) is 128 Å². The number of rotatable bonds is 7. The molecule has 1 saturated carbocycles. The molecule has 8 heteroatoms. The Hall–Kier alpha value is -0.516. The quantitative estimate of drug-likeness (QED) is 0.221. The average Bonchev–Trinajstić information content (AvgIpc) is 3.34. The highest BCUT2D eigenvalue weighted by atomic mass is 28.4. The molecular weight excluding hydrogens is 476 g/mol. The Kier molecular flexibility index (Phi) is 8.29. The SMILES string of the molecule is CO[C@H]1O[C@H](C)[C@@H](OC(=O)[C@H]2C[C@H]3C=C[C@@H]2C3)[C@H](O[Si](C)(C)C(C)(C)C)[C@H]1O[Si](C)(C)C(C)(C)C. The second-order valence-electron chi connectivity index (χ2n) is 13.9. The third-order valence-electron chi connectivity index (χ3n) is 9.27. The molecule has 1 aliphatic heterocycles. The highest BCUT2D eigenvalue weighted by Crippen LogP contribution is 2.46. The maximum atomic E-state index is 13.4. The van der Waals surface area contributed by atoms with E-state index in [0.717, 1.165) is 12.8 Å². The molecule has 8 atom stereocenters. The average molecular weight is 527 g/mol. The maximum Gasteiger partial charge on any atom is 0.310 e. The molecule has 1 saturated heterocycles. The van der Waals surface area contributed by atoms with E-state index in [1.165, 1.54) is 0 Å². The van der Waals surface area contributed by atoms with E-state index in [4.69, 9.17) is 23.1 Å². The summed E-state index contributed by atoms with van der Waals surface area (Å²) >= 11 is 0. The minimum absolute atomic E-state index is 0.00251. The number of methoxy groups -OCH3 is 1. The van der Waals surface area contributed by atoms with Gasteiger partial charge < -0.3 is 23.1 Å². The molecule has 0 unspecified atom stereocenters. The zero-order chi connectivity index (χ0) is 26.6. The Balaban J connectivity index is 1.95. The molecule has 2 fully saturated rings. The first-order valence-corrected chi connectivity index (χ1v) is 19.1. The van der Waals surface area contributed by atoms with E-state index < -0.39 is 41.2 Å². The first-order valence-electron chi connectivity index (χ1n) is 13.3. The molecule has 6 nitrogen and oxygen atoms in total. The van der Waals surface area contributed by atoms with Crippen molar-refractivity contribution in [1.82, 2.24) is 0 Å². The summed E-state index contributed by atoms with van der Waals surface area (Å²) in [5.41, 5.74) is 0. The van der Waals surface area contributed by atoms with Crippen molar-refractivity contribution in [3.8, 4) is 0 Å². The normalized spacial score (nSPS) is 36.0. The van der Waals surface area contributed by atoms with Crippen molar-refractivity contribution in [2.24, 2.45) is 17.8 Å². The Morgan fingerprint density at radius 3 is 1.83 bits per heavy atom. The fourth-order valence-corrected chi connectivity index (χ4v) is 7.47. The Bertz CT molecular complexity index is 796. The number of fused-ring (bicyclic) bond motifs is 2. The van der Waals surface area contributed by atoms with Crippen molar-refractivity contribution >= 4 is 22.6 Å². The third kappa shape index (κ3) is 5.98. The van der Waals surface area contributed by atoms with Crippen LogP contribution in [-0.4, -0.2) is 60.4 Å². The van der Waals surface area contributed by atoms with Crippen LogP contribution in [0.25, 0.3) is 0 Å². The number of hydrogen-bond acceptors (Lipinski definition) is 6. The smallest absolute Gasteiger partial charge is 0.310 e. The molecule has 0 spiro atoms. The van der Waals surface area contributed by atoms with E-state index in [9.17, 15) is 4.79 Å². The Labute approximate surface area is 215 Å². The first kappa shape index (κ1) is 29.0. The molecule has 2 aliphatic carbocycles. The lowest BCUT2D eigenvalue weighted by Gasteiger charge is -2.51.